The normalized spacial score (nSPS) is 13.0. The van der Waals surface area contributed by atoms with Gasteiger partial charge in [-0.05, 0) is 30.5 Å². The summed E-state index contributed by atoms with van der Waals surface area (Å²) in [6.07, 6.45) is 0.336. The van der Waals surface area contributed by atoms with Gasteiger partial charge in [-0.2, -0.15) is 0 Å². The molecule has 2 heteroatoms. The maximum Gasteiger partial charge on any atom is 0.0788 e. The van der Waals surface area contributed by atoms with Gasteiger partial charge in [-0.25, -0.2) is 0 Å². The fourth-order valence-corrected chi connectivity index (χ4v) is 1.24. The molecule has 0 radical (unpaired) electrons. The van der Waals surface area contributed by atoms with Crippen LogP contribution >= 0.6 is 11.6 Å². The highest BCUT2D eigenvalue weighted by molar-refractivity contribution is 6.31. The van der Waals surface area contributed by atoms with Crippen LogP contribution in [-0.2, 0) is 0 Å². The zero-order chi connectivity index (χ0) is 9.14. The molecule has 1 nitrogen and oxygen atoms in total. The first-order valence-corrected chi connectivity index (χ1v) is 4.47. The summed E-state index contributed by atoms with van der Waals surface area (Å²) in [5.74, 6) is 0. The van der Waals surface area contributed by atoms with E-state index in [4.69, 9.17) is 11.6 Å². The lowest BCUT2D eigenvalue weighted by Crippen LogP contribution is -1.94. The predicted octanol–water partition coefficient (Wildman–Crippen LogP) is 3.09. The summed E-state index contributed by atoms with van der Waals surface area (Å²) >= 11 is 5.90. The highest BCUT2D eigenvalue weighted by Crippen LogP contribution is 2.22. The van der Waals surface area contributed by atoms with Crippen LogP contribution in [0.2, 0.25) is 5.02 Å². The van der Waals surface area contributed by atoms with Crippen molar-refractivity contribution in [3.8, 4) is 0 Å². The molecule has 1 N–H and O–H groups in total. The molecule has 1 unspecified atom stereocenters. The van der Waals surface area contributed by atoms with Gasteiger partial charge in [0.15, 0.2) is 0 Å². The van der Waals surface area contributed by atoms with Crippen molar-refractivity contribution in [1.82, 2.24) is 0 Å². The van der Waals surface area contributed by atoms with E-state index in [2.05, 4.69) is 0 Å². The van der Waals surface area contributed by atoms with Gasteiger partial charge in [-0.1, -0.05) is 30.7 Å². The highest BCUT2D eigenvalue weighted by atomic mass is 35.5. The first kappa shape index (κ1) is 9.56. The second kappa shape index (κ2) is 3.92. The Kier molecular flexibility index (Phi) is 3.12. The van der Waals surface area contributed by atoms with Crippen molar-refractivity contribution in [2.45, 2.75) is 26.4 Å². The van der Waals surface area contributed by atoms with E-state index in [1.165, 1.54) is 0 Å². The minimum absolute atomic E-state index is 0.386. The Balaban J connectivity index is 2.96. The Morgan fingerprint density at radius 1 is 1.50 bits per heavy atom. The first-order chi connectivity index (χ1) is 5.65. The summed E-state index contributed by atoms with van der Waals surface area (Å²) in [7, 11) is 0. The van der Waals surface area contributed by atoms with Gasteiger partial charge in [0.05, 0.1) is 6.10 Å². The fourth-order valence-electron chi connectivity index (χ4n) is 1.05. The van der Waals surface area contributed by atoms with Crippen LogP contribution in [0.1, 0.15) is 30.6 Å². The molecule has 0 spiro atoms. The Labute approximate surface area is 78.0 Å². The van der Waals surface area contributed by atoms with Crippen molar-refractivity contribution in [3.05, 3.63) is 34.3 Å². The molecule has 12 heavy (non-hydrogen) atoms. The summed E-state index contributed by atoms with van der Waals surface area (Å²) in [5.41, 5.74) is 1.94. The lowest BCUT2D eigenvalue weighted by Gasteiger charge is -2.08. The quantitative estimate of drug-likeness (QED) is 0.749. The number of aliphatic hydroxyl groups is 1. The summed E-state index contributed by atoms with van der Waals surface area (Å²) in [4.78, 5) is 0. The number of aryl methyl sites for hydroxylation is 1. The van der Waals surface area contributed by atoms with E-state index < -0.39 is 0 Å². The second-order valence-corrected chi connectivity index (χ2v) is 3.34. The number of hydrogen-bond acceptors (Lipinski definition) is 1. The predicted molar refractivity (Wildman–Crippen MR) is 51.4 cm³/mol. The molecule has 0 aliphatic rings. The molecule has 0 aliphatic heterocycles. The molecule has 1 rings (SSSR count). The van der Waals surface area contributed by atoms with Crippen LogP contribution in [0.3, 0.4) is 0 Å². The molecular formula is C10H13ClO. The van der Waals surface area contributed by atoms with Gasteiger partial charge in [-0.3, -0.25) is 0 Å². The van der Waals surface area contributed by atoms with Crippen LogP contribution in [0.4, 0.5) is 0 Å². The summed E-state index contributed by atoms with van der Waals surface area (Å²) < 4.78 is 0. The Hall–Kier alpha value is -0.530. The summed E-state index contributed by atoms with van der Waals surface area (Å²) in [5, 5.41) is 10.2. The van der Waals surface area contributed by atoms with Crippen LogP contribution in [0, 0.1) is 6.92 Å². The summed E-state index contributed by atoms with van der Waals surface area (Å²) in [6.45, 7) is 3.89. The fraction of sp³-hybridized carbons (Fsp3) is 0.400. The van der Waals surface area contributed by atoms with Crippen molar-refractivity contribution in [1.29, 1.82) is 0 Å². The molecule has 0 bridgehead atoms. The lowest BCUT2D eigenvalue weighted by molar-refractivity contribution is 0.173. The van der Waals surface area contributed by atoms with Crippen molar-refractivity contribution in [2.24, 2.45) is 0 Å². The maximum absolute atomic E-state index is 9.49. The first-order valence-electron chi connectivity index (χ1n) is 4.09. The third kappa shape index (κ3) is 1.99. The number of aliphatic hydroxyl groups excluding tert-OH is 1. The zero-order valence-corrected chi connectivity index (χ0v) is 8.10. The van der Waals surface area contributed by atoms with E-state index in [9.17, 15) is 5.11 Å². The second-order valence-electron chi connectivity index (χ2n) is 2.93. The molecule has 0 heterocycles. The number of hydrogen-bond donors (Lipinski definition) is 1. The minimum Gasteiger partial charge on any atom is -0.388 e. The number of halogens is 1. The molecule has 66 valence electrons. The molecule has 1 aromatic carbocycles. The SMILES string of the molecule is CCC(O)c1ccc(C)c(Cl)c1. The van der Waals surface area contributed by atoms with Crippen LogP contribution in [-0.4, -0.2) is 5.11 Å². The standard InChI is InChI=1S/C10H13ClO/c1-3-10(12)8-5-4-7(2)9(11)6-8/h4-6,10,12H,3H2,1-2H3. The van der Waals surface area contributed by atoms with Gasteiger partial charge in [0.1, 0.15) is 0 Å². The zero-order valence-electron chi connectivity index (χ0n) is 7.34. The molecule has 0 aliphatic carbocycles. The van der Waals surface area contributed by atoms with E-state index >= 15 is 0 Å². The lowest BCUT2D eigenvalue weighted by atomic mass is 10.1. The maximum atomic E-state index is 9.49. The Morgan fingerprint density at radius 3 is 2.67 bits per heavy atom. The van der Waals surface area contributed by atoms with Crippen molar-refractivity contribution >= 4 is 11.6 Å². The molecular weight excluding hydrogens is 172 g/mol. The summed E-state index contributed by atoms with van der Waals surface area (Å²) in [6, 6.07) is 5.66. The molecule has 0 aromatic heterocycles. The van der Waals surface area contributed by atoms with Crippen molar-refractivity contribution < 1.29 is 5.11 Å². The largest absolute Gasteiger partial charge is 0.388 e. The van der Waals surface area contributed by atoms with Gasteiger partial charge < -0.3 is 5.11 Å². The Morgan fingerprint density at radius 2 is 2.17 bits per heavy atom. The van der Waals surface area contributed by atoms with Gasteiger partial charge in [-0.15, -0.1) is 0 Å². The highest BCUT2D eigenvalue weighted by Gasteiger charge is 2.05. The monoisotopic (exact) mass is 184 g/mol. The molecule has 1 aromatic rings. The molecule has 0 fully saturated rings. The van der Waals surface area contributed by atoms with E-state index in [1.54, 1.807) is 0 Å². The Bertz CT molecular complexity index is 271. The van der Waals surface area contributed by atoms with Crippen LogP contribution in [0.15, 0.2) is 18.2 Å². The van der Waals surface area contributed by atoms with E-state index in [0.29, 0.717) is 0 Å². The van der Waals surface area contributed by atoms with E-state index in [1.807, 2.05) is 32.0 Å². The number of benzene rings is 1. The van der Waals surface area contributed by atoms with Crippen molar-refractivity contribution in [3.63, 3.8) is 0 Å². The molecule has 1 atom stereocenters. The van der Waals surface area contributed by atoms with Crippen LogP contribution in [0.5, 0.6) is 0 Å². The van der Waals surface area contributed by atoms with Gasteiger partial charge >= 0.3 is 0 Å². The van der Waals surface area contributed by atoms with Crippen LogP contribution < -0.4 is 0 Å². The minimum atomic E-state index is -0.386. The van der Waals surface area contributed by atoms with Crippen molar-refractivity contribution in [2.75, 3.05) is 0 Å². The third-order valence-electron chi connectivity index (χ3n) is 1.97. The third-order valence-corrected chi connectivity index (χ3v) is 2.37. The topological polar surface area (TPSA) is 20.2 Å². The molecule has 0 saturated heterocycles. The van der Waals surface area contributed by atoms with Gasteiger partial charge in [0.2, 0.25) is 0 Å². The van der Waals surface area contributed by atoms with Gasteiger partial charge in [0, 0.05) is 5.02 Å². The molecule has 0 amide bonds. The number of rotatable bonds is 2. The average molecular weight is 185 g/mol. The van der Waals surface area contributed by atoms with E-state index in [-0.39, 0.29) is 6.10 Å². The molecule has 0 saturated carbocycles. The van der Waals surface area contributed by atoms with Crippen LogP contribution in [0.25, 0.3) is 0 Å². The van der Waals surface area contributed by atoms with E-state index in [0.717, 1.165) is 22.6 Å². The van der Waals surface area contributed by atoms with Gasteiger partial charge in [0.25, 0.3) is 0 Å². The average Bonchev–Trinajstić information content (AvgIpc) is 2.08. The smallest absolute Gasteiger partial charge is 0.0788 e.